The third-order valence-electron chi connectivity index (χ3n) is 3.33. The van der Waals surface area contributed by atoms with Crippen LogP contribution in [-0.4, -0.2) is 40.9 Å². The highest BCUT2D eigenvalue weighted by Crippen LogP contribution is 2.28. The van der Waals surface area contributed by atoms with Gasteiger partial charge in [0.05, 0.1) is 13.2 Å². The van der Waals surface area contributed by atoms with E-state index in [0.717, 1.165) is 21.5 Å². The Hall–Kier alpha value is -2.29. The molecule has 1 atom stereocenters. The lowest BCUT2D eigenvalue weighted by Crippen LogP contribution is -2.19. The number of aliphatic hydroxyl groups excluding tert-OH is 1. The first kappa shape index (κ1) is 18.5. The average Bonchev–Trinajstić information content (AvgIpc) is 3.13. The minimum Gasteiger partial charge on any atom is -0.497 e. The van der Waals surface area contributed by atoms with Crippen LogP contribution in [0.2, 0.25) is 0 Å². The van der Waals surface area contributed by atoms with Crippen molar-refractivity contribution >= 4 is 33.9 Å². The molecule has 0 saturated carbocycles. The molecule has 0 spiro atoms. The number of para-hydroxylation sites is 1. The van der Waals surface area contributed by atoms with E-state index in [0.29, 0.717) is 10.9 Å². The Kier molecular flexibility index (Phi) is 6.70. The van der Waals surface area contributed by atoms with Crippen molar-refractivity contribution in [2.45, 2.75) is 10.4 Å². The molecular weight excluding hydrogens is 370 g/mol. The Labute approximate surface area is 160 Å². The van der Waals surface area contributed by atoms with Gasteiger partial charge in [-0.2, -0.15) is 0 Å². The molecule has 0 aliphatic carbocycles. The van der Waals surface area contributed by atoms with Gasteiger partial charge in [-0.3, -0.25) is 0 Å². The SMILES string of the molecule is COc1ccc(Nc2nnc(SC[C@@H](O)COc3ccccc3)s2)cc1. The van der Waals surface area contributed by atoms with Crippen molar-refractivity contribution in [2.24, 2.45) is 0 Å². The average molecular weight is 390 g/mol. The van der Waals surface area contributed by atoms with Crippen LogP contribution in [0.25, 0.3) is 0 Å². The predicted octanol–water partition coefficient (Wildman–Crippen LogP) is 3.82. The molecule has 0 fully saturated rings. The van der Waals surface area contributed by atoms with Gasteiger partial charge >= 0.3 is 0 Å². The number of nitrogens with one attached hydrogen (secondary N) is 1. The summed E-state index contributed by atoms with van der Waals surface area (Å²) in [5.74, 6) is 2.04. The van der Waals surface area contributed by atoms with E-state index < -0.39 is 6.10 Å². The fraction of sp³-hybridized carbons (Fsp3) is 0.222. The van der Waals surface area contributed by atoms with E-state index in [2.05, 4.69) is 15.5 Å². The molecule has 2 N–H and O–H groups in total. The minimum atomic E-state index is -0.581. The fourth-order valence-electron chi connectivity index (χ4n) is 2.04. The summed E-state index contributed by atoms with van der Waals surface area (Å²) in [6.07, 6.45) is -0.581. The molecule has 0 aliphatic heterocycles. The van der Waals surface area contributed by atoms with Crippen LogP contribution in [-0.2, 0) is 0 Å². The molecule has 26 heavy (non-hydrogen) atoms. The number of anilines is 2. The highest BCUT2D eigenvalue weighted by molar-refractivity contribution is 8.01. The van der Waals surface area contributed by atoms with Crippen LogP contribution in [0.4, 0.5) is 10.8 Å². The third kappa shape index (κ3) is 5.62. The van der Waals surface area contributed by atoms with E-state index in [1.807, 2.05) is 54.6 Å². The number of hydrogen-bond donors (Lipinski definition) is 2. The third-order valence-corrected chi connectivity index (χ3v) is 5.45. The number of hydrogen-bond acceptors (Lipinski definition) is 8. The number of thioether (sulfide) groups is 1. The van der Waals surface area contributed by atoms with Gasteiger partial charge in [0.2, 0.25) is 5.13 Å². The standard InChI is InChI=1S/C18H19N3O3S2/c1-23-15-9-7-13(8-10-15)19-17-20-21-18(26-17)25-12-14(22)11-24-16-5-3-2-4-6-16/h2-10,14,22H,11-12H2,1H3,(H,19,20)/t14-/m0/s1. The monoisotopic (exact) mass is 389 g/mol. The van der Waals surface area contributed by atoms with E-state index in [1.165, 1.54) is 23.1 Å². The second-order valence-electron chi connectivity index (χ2n) is 5.32. The van der Waals surface area contributed by atoms with Crippen molar-refractivity contribution in [3.8, 4) is 11.5 Å². The topological polar surface area (TPSA) is 76.5 Å². The summed E-state index contributed by atoms with van der Waals surface area (Å²) >= 11 is 2.90. The normalized spacial score (nSPS) is 11.8. The van der Waals surface area contributed by atoms with E-state index in [9.17, 15) is 5.11 Å². The van der Waals surface area contributed by atoms with E-state index in [-0.39, 0.29) is 6.61 Å². The number of benzene rings is 2. The van der Waals surface area contributed by atoms with Crippen molar-refractivity contribution in [3.63, 3.8) is 0 Å². The van der Waals surface area contributed by atoms with Crippen LogP contribution in [0.15, 0.2) is 58.9 Å². The zero-order valence-electron chi connectivity index (χ0n) is 14.2. The van der Waals surface area contributed by atoms with Crippen molar-refractivity contribution in [1.82, 2.24) is 10.2 Å². The Bertz CT molecular complexity index is 797. The molecule has 1 heterocycles. The summed E-state index contributed by atoms with van der Waals surface area (Å²) in [4.78, 5) is 0. The molecule has 136 valence electrons. The number of aliphatic hydroxyl groups is 1. The van der Waals surface area contributed by atoms with Gasteiger partial charge in [-0.15, -0.1) is 10.2 Å². The van der Waals surface area contributed by atoms with Crippen LogP contribution in [0, 0.1) is 0 Å². The summed E-state index contributed by atoms with van der Waals surface area (Å²) < 4.78 is 11.5. The van der Waals surface area contributed by atoms with Gasteiger partial charge in [-0.25, -0.2) is 0 Å². The lowest BCUT2D eigenvalue weighted by atomic mass is 10.3. The molecule has 0 amide bonds. The Morgan fingerprint density at radius 2 is 1.85 bits per heavy atom. The summed E-state index contributed by atoms with van der Waals surface area (Å²) in [6, 6.07) is 17.0. The minimum absolute atomic E-state index is 0.243. The van der Waals surface area contributed by atoms with Crippen molar-refractivity contribution in [3.05, 3.63) is 54.6 Å². The molecule has 0 saturated heterocycles. The zero-order chi connectivity index (χ0) is 18.2. The van der Waals surface area contributed by atoms with E-state index >= 15 is 0 Å². The molecule has 0 unspecified atom stereocenters. The maximum Gasteiger partial charge on any atom is 0.210 e. The van der Waals surface area contributed by atoms with Gasteiger partial charge in [0, 0.05) is 11.4 Å². The van der Waals surface area contributed by atoms with Crippen LogP contribution in [0.3, 0.4) is 0 Å². The largest absolute Gasteiger partial charge is 0.497 e. The first-order chi connectivity index (χ1) is 12.7. The lowest BCUT2D eigenvalue weighted by molar-refractivity contribution is 0.126. The molecule has 2 aromatic carbocycles. The first-order valence-corrected chi connectivity index (χ1v) is 9.76. The lowest BCUT2D eigenvalue weighted by Gasteiger charge is -2.10. The molecule has 0 radical (unpaired) electrons. The second-order valence-corrected chi connectivity index (χ2v) is 7.56. The zero-order valence-corrected chi connectivity index (χ0v) is 15.8. The van der Waals surface area contributed by atoms with Crippen molar-refractivity contribution in [2.75, 3.05) is 24.8 Å². The van der Waals surface area contributed by atoms with Gasteiger partial charge in [0.15, 0.2) is 4.34 Å². The highest BCUT2D eigenvalue weighted by atomic mass is 32.2. The van der Waals surface area contributed by atoms with Gasteiger partial charge in [-0.05, 0) is 36.4 Å². The molecule has 3 rings (SSSR count). The quantitative estimate of drug-likeness (QED) is 0.539. The molecule has 8 heteroatoms. The number of aromatic nitrogens is 2. The summed E-state index contributed by atoms with van der Waals surface area (Å²) in [5, 5.41) is 22.2. The summed E-state index contributed by atoms with van der Waals surface area (Å²) in [5.41, 5.74) is 0.912. The number of ether oxygens (including phenoxy) is 2. The van der Waals surface area contributed by atoms with Gasteiger partial charge in [-0.1, -0.05) is 41.3 Å². The molecule has 6 nitrogen and oxygen atoms in total. The maximum atomic E-state index is 10.0. The van der Waals surface area contributed by atoms with Gasteiger partial charge in [0.25, 0.3) is 0 Å². The second kappa shape index (κ2) is 9.42. The van der Waals surface area contributed by atoms with Gasteiger partial charge in [0.1, 0.15) is 18.1 Å². The number of nitrogens with zero attached hydrogens (tertiary/aromatic N) is 2. The highest BCUT2D eigenvalue weighted by Gasteiger charge is 2.10. The Morgan fingerprint density at radius 3 is 2.58 bits per heavy atom. The number of rotatable bonds is 9. The molecule has 0 aliphatic rings. The maximum absolute atomic E-state index is 10.0. The Balaban J connectivity index is 1.44. The van der Waals surface area contributed by atoms with Crippen molar-refractivity contribution in [1.29, 1.82) is 0 Å². The molecule has 1 aromatic heterocycles. The predicted molar refractivity (Wildman–Crippen MR) is 105 cm³/mol. The van der Waals surface area contributed by atoms with E-state index in [1.54, 1.807) is 7.11 Å². The summed E-state index contributed by atoms with van der Waals surface area (Å²) in [6.45, 7) is 0.243. The van der Waals surface area contributed by atoms with Crippen molar-refractivity contribution < 1.29 is 14.6 Å². The first-order valence-electron chi connectivity index (χ1n) is 7.96. The van der Waals surface area contributed by atoms with Crippen LogP contribution < -0.4 is 14.8 Å². The van der Waals surface area contributed by atoms with Gasteiger partial charge < -0.3 is 19.9 Å². The van der Waals surface area contributed by atoms with Crippen LogP contribution in [0.1, 0.15) is 0 Å². The van der Waals surface area contributed by atoms with E-state index in [4.69, 9.17) is 9.47 Å². The fourth-order valence-corrected chi connectivity index (χ4v) is 3.75. The van der Waals surface area contributed by atoms with Crippen LogP contribution >= 0.6 is 23.1 Å². The molecular formula is C18H19N3O3S2. The van der Waals surface area contributed by atoms with Crippen LogP contribution in [0.5, 0.6) is 11.5 Å². The Morgan fingerprint density at radius 1 is 1.08 bits per heavy atom. The number of methoxy groups -OCH3 is 1. The smallest absolute Gasteiger partial charge is 0.210 e. The molecule has 0 bridgehead atoms. The molecule has 3 aromatic rings. The summed E-state index contributed by atoms with van der Waals surface area (Å²) in [7, 11) is 1.63.